The van der Waals surface area contributed by atoms with E-state index in [1.165, 1.54) is 11.3 Å². The van der Waals surface area contributed by atoms with Crippen molar-refractivity contribution in [3.05, 3.63) is 59.4 Å². The van der Waals surface area contributed by atoms with Crippen LogP contribution in [0.5, 0.6) is 0 Å². The molecular weight excluding hydrogens is 232 g/mol. The smallest absolute Gasteiger partial charge is 0.0597 e. The van der Waals surface area contributed by atoms with Crippen LogP contribution < -0.4 is 5.32 Å². The van der Waals surface area contributed by atoms with Gasteiger partial charge in [-0.3, -0.25) is 4.98 Å². The van der Waals surface area contributed by atoms with Gasteiger partial charge in [-0.25, -0.2) is 0 Å². The lowest BCUT2D eigenvalue weighted by molar-refractivity contribution is 0.591. The van der Waals surface area contributed by atoms with Crippen molar-refractivity contribution in [3.63, 3.8) is 0 Å². The summed E-state index contributed by atoms with van der Waals surface area (Å²) >= 11 is 0. The third-order valence-corrected chi connectivity index (χ3v) is 3.14. The van der Waals surface area contributed by atoms with Crippen LogP contribution in [0.15, 0.2) is 42.5 Å². The quantitative estimate of drug-likeness (QED) is 0.883. The first-order valence-electron chi connectivity index (χ1n) is 6.73. The number of pyridine rings is 1. The van der Waals surface area contributed by atoms with Gasteiger partial charge in [0.05, 0.1) is 12.2 Å². The van der Waals surface area contributed by atoms with Crippen molar-refractivity contribution in [2.24, 2.45) is 0 Å². The average Bonchev–Trinajstić information content (AvgIpc) is 2.36. The molecule has 1 aromatic carbocycles. The van der Waals surface area contributed by atoms with E-state index in [0.717, 1.165) is 17.9 Å². The minimum absolute atomic E-state index is 0.142. The predicted molar refractivity (Wildman–Crippen MR) is 81.4 cm³/mol. The normalized spacial score (nSPS) is 11.4. The van der Waals surface area contributed by atoms with E-state index in [0.29, 0.717) is 0 Å². The minimum atomic E-state index is 0.142. The zero-order valence-corrected chi connectivity index (χ0v) is 12.2. The van der Waals surface area contributed by atoms with E-state index in [1.807, 2.05) is 13.0 Å². The van der Waals surface area contributed by atoms with Gasteiger partial charge in [-0.2, -0.15) is 0 Å². The first-order valence-corrected chi connectivity index (χ1v) is 6.73. The molecule has 0 aliphatic rings. The lowest BCUT2D eigenvalue weighted by Crippen LogP contribution is -2.15. The summed E-state index contributed by atoms with van der Waals surface area (Å²) < 4.78 is 0. The minimum Gasteiger partial charge on any atom is -0.379 e. The molecule has 2 nitrogen and oxygen atoms in total. The second kappa shape index (κ2) is 5.43. The number of rotatable bonds is 3. The van der Waals surface area contributed by atoms with Crippen LogP contribution in [0.2, 0.25) is 0 Å². The molecule has 2 heteroatoms. The first-order chi connectivity index (χ1) is 8.97. The Hall–Kier alpha value is -1.83. The largest absolute Gasteiger partial charge is 0.379 e. The summed E-state index contributed by atoms with van der Waals surface area (Å²) in [5, 5.41) is 3.50. The molecule has 0 bridgehead atoms. The monoisotopic (exact) mass is 254 g/mol. The van der Waals surface area contributed by atoms with Crippen LogP contribution in [0.1, 0.15) is 37.7 Å². The molecule has 1 aromatic heterocycles. The third kappa shape index (κ3) is 3.57. The lowest BCUT2D eigenvalue weighted by Gasteiger charge is -2.23. The number of aryl methyl sites for hydroxylation is 1. The molecule has 0 radical (unpaired) electrons. The lowest BCUT2D eigenvalue weighted by atomic mass is 9.86. The molecule has 0 aliphatic carbocycles. The highest BCUT2D eigenvalue weighted by molar-refractivity contribution is 5.54. The van der Waals surface area contributed by atoms with Gasteiger partial charge >= 0.3 is 0 Å². The predicted octanol–water partition coefficient (Wildman–Crippen LogP) is 4.30. The van der Waals surface area contributed by atoms with Crippen LogP contribution in [0.25, 0.3) is 0 Å². The summed E-state index contributed by atoms with van der Waals surface area (Å²) in [5.74, 6) is 0. The molecule has 0 amide bonds. The third-order valence-electron chi connectivity index (χ3n) is 3.14. The molecule has 0 saturated carbocycles. The molecule has 0 fully saturated rings. The number of hydrogen-bond acceptors (Lipinski definition) is 2. The summed E-state index contributed by atoms with van der Waals surface area (Å²) in [5.41, 5.74) is 4.80. The summed E-state index contributed by atoms with van der Waals surface area (Å²) in [7, 11) is 0. The van der Waals surface area contributed by atoms with E-state index in [1.54, 1.807) is 0 Å². The van der Waals surface area contributed by atoms with E-state index < -0.39 is 0 Å². The zero-order valence-electron chi connectivity index (χ0n) is 12.2. The molecule has 0 saturated heterocycles. The summed E-state index contributed by atoms with van der Waals surface area (Å²) in [6.45, 7) is 9.48. The fourth-order valence-electron chi connectivity index (χ4n) is 2.18. The molecule has 0 atom stereocenters. The van der Waals surface area contributed by atoms with Crippen LogP contribution in [0.4, 0.5) is 5.69 Å². The van der Waals surface area contributed by atoms with Gasteiger partial charge in [-0.15, -0.1) is 0 Å². The number of aromatic nitrogens is 1. The number of nitrogens with zero attached hydrogens (tertiary/aromatic N) is 1. The fourth-order valence-corrected chi connectivity index (χ4v) is 2.18. The highest BCUT2D eigenvalue weighted by Crippen LogP contribution is 2.29. The van der Waals surface area contributed by atoms with Crippen molar-refractivity contribution < 1.29 is 0 Å². The Bertz CT molecular complexity index is 553. The van der Waals surface area contributed by atoms with Gasteiger partial charge in [-0.05, 0) is 36.1 Å². The van der Waals surface area contributed by atoms with E-state index in [-0.39, 0.29) is 5.41 Å². The molecule has 0 aliphatic heterocycles. The van der Waals surface area contributed by atoms with Crippen molar-refractivity contribution in [3.8, 4) is 0 Å². The molecule has 1 N–H and O–H groups in total. The van der Waals surface area contributed by atoms with E-state index in [2.05, 4.69) is 67.5 Å². The van der Waals surface area contributed by atoms with Gasteiger partial charge in [0.2, 0.25) is 0 Å². The molecule has 2 rings (SSSR count). The molecular formula is C17H22N2. The Morgan fingerprint density at radius 1 is 1.00 bits per heavy atom. The van der Waals surface area contributed by atoms with Crippen LogP contribution >= 0.6 is 0 Å². The van der Waals surface area contributed by atoms with E-state index in [4.69, 9.17) is 0 Å². The highest BCUT2D eigenvalue weighted by atomic mass is 14.9. The molecule has 100 valence electrons. The van der Waals surface area contributed by atoms with Crippen LogP contribution in [-0.4, -0.2) is 4.98 Å². The Kier molecular flexibility index (Phi) is 3.89. The number of benzene rings is 1. The Morgan fingerprint density at radius 3 is 2.42 bits per heavy atom. The Balaban J connectivity index is 2.16. The fraction of sp³-hybridized carbons (Fsp3) is 0.353. The van der Waals surface area contributed by atoms with Gasteiger partial charge in [-0.1, -0.05) is 45.0 Å². The average molecular weight is 254 g/mol. The Labute approximate surface area is 115 Å². The van der Waals surface area contributed by atoms with Crippen molar-refractivity contribution >= 4 is 5.69 Å². The molecule has 1 heterocycles. The van der Waals surface area contributed by atoms with Crippen molar-refractivity contribution in [2.45, 2.75) is 39.7 Å². The van der Waals surface area contributed by atoms with Crippen molar-refractivity contribution in [1.82, 2.24) is 4.98 Å². The topological polar surface area (TPSA) is 24.9 Å². The van der Waals surface area contributed by atoms with E-state index >= 15 is 0 Å². The summed E-state index contributed by atoms with van der Waals surface area (Å²) in [4.78, 5) is 4.52. The maximum Gasteiger partial charge on any atom is 0.0597 e. The second-order valence-electron chi connectivity index (χ2n) is 5.92. The molecule has 0 spiro atoms. The number of hydrogen-bond donors (Lipinski definition) is 1. The van der Waals surface area contributed by atoms with Crippen LogP contribution in [-0.2, 0) is 12.0 Å². The summed E-state index contributed by atoms with van der Waals surface area (Å²) in [6, 6.07) is 14.6. The summed E-state index contributed by atoms with van der Waals surface area (Å²) in [6.07, 6.45) is 0. The second-order valence-corrected chi connectivity index (χ2v) is 5.92. The van der Waals surface area contributed by atoms with Crippen molar-refractivity contribution in [1.29, 1.82) is 0 Å². The number of anilines is 1. The van der Waals surface area contributed by atoms with Crippen LogP contribution in [0.3, 0.4) is 0 Å². The SMILES string of the molecule is Cc1cccc(CNc2ccccc2C(C)(C)C)n1. The molecule has 0 unspecified atom stereocenters. The van der Waals surface area contributed by atoms with Crippen LogP contribution in [0, 0.1) is 6.92 Å². The van der Waals surface area contributed by atoms with Gasteiger partial charge in [0.25, 0.3) is 0 Å². The maximum atomic E-state index is 4.52. The number of para-hydroxylation sites is 1. The first kappa shape index (κ1) is 13.6. The standard InChI is InChI=1S/C17H22N2/c1-13-8-7-9-14(19-13)12-18-16-11-6-5-10-15(16)17(2,3)4/h5-11,18H,12H2,1-4H3. The zero-order chi connectivity index (χ0) is 13.9. The molecule has 2 aromatic rings. The van der Waals surface area contributed by atoms with Gasteiger partial charge < -0.3 is 5.32 Å². The molecule has 19 heavy (non-hydrogen) atoms. The highest BCUT2D eigenvalue weighted by Gasteiger charge is 2.17. The maximum absolute atomic E-state index is 4.52. The van der Waals surface area contributed by atoms with Gasteiger partial charge in [0, 0.05) is 11.4 Å². The number of nitrogens with one attached hydrogen (secondary N) is 1. The Morgan fingerprint density at radius 2 is 1.74 bits per heavy atom. The van der Waals surface area contributed by atoms with E-state index in [9.17, 15) is 0 Å². The van der Waals surface area contributed by atoms with Gasteiger partial charge in [0.15, 0.2) is 0 Å². The van der Waals surface area contributed by atoms with Crippen molar-refractivity contribution in [2.75, 3.05) is 5.32 Å². The van der Waals surface area contributed by atoms with Gasteiger partial charge in [0.1, 0.15) is 0 Å².